The van der Waals surface area contributed by atoms with Crippen LogP contribution in [-0.2, 0) is 0 Å². The maximum atomic E-state index is 6.06. The molecule has 0 aromatic heterocycles. The Bertz CT molecular complexity index is 311. The van der Waals surface area contributed by atoms with E-state index >= 15 is 0 Å². The molecule has 0 spiro atoms. The smallest absolute Gasteiger partial charge is 0.0640 e. The minimum absolute atomic E-state index is 0.784. The first-order valence-electron chi connectivity index (χ1n) is 4.74. The molecule has 0 bridgehead atoms. The number of benzene rings is 1. The summed E-state index contributed by atoms with van der Waals surface area (Å²) < 4.78 is 0. The molecule has 1 nitrogen and oxygen atoms in total. The number of rotatable bonds is 4. The molecule has 0 aliphatic carbocycles. The summed E-state index contributed by atoms with van der Waals surface area (Å²) in [7, 11) is 0. The van der Waals surface area contributed by atoms with E-state index in [4.69, 9.17) is 11.6 Å². The Morgan fingerprint density at radius 3 is 2.79 bits per heavy atom. The number of hydrogen-bond acceptors (Lipinski definition) is 1. The molecule has 1 aromatic rings. The topological polar surface area (TPSA) is 12.0 Å². The molecule has 0 saturated heterocycles. The highest BCUT2D eigenvalue weighted by Gasteiger charge is 2.01. The van der Waals surface area contributed by atoms with Crippen LogP contribution in [0.5, 0.6) is 0 Å². The normalized spacial score (nSPS) is 9.93. The molecule has 0 radical (unpaired) electrons. The van der Waals surface area contributed by atoms with E-state index in [1.807, 2.05) is 19.1 Å². The molecule has 0 heterocycles. The van der Waals surface area contributed by atoms with Gasteiger partial charge in [-0.15, -0.1) is 6.58 Å². The van der Waals surface area contributed by atoms with Gasteiger partial charge in [-0.1, -0.05) is 29.3 Å². The highest BCUT2D eigenvalue weighted by molar-refractivity contribution is 6.33. The van der Waals surface area contributed by atoms with Gasteiger partial charge in [-0.3, -0.25) is 0 Å². The van der Waals surface area contributed by atoms with Crippen LogP contribution in [0, 0.1) is 6.92 Å². The van der Waals surface area contributed by atoms with Crippen molar-refractivity contribution in [1.29, 1.82) is 0 Å². The van der Waals surface area contributed by atoms with Crippen LogP contribution < -0.4 is 5.32 Å². The van der Waals surface area contributed by atoms with Gasteiger partial charge in [0.25, 0.3) is 0 Å². The van der Waals surface area contributed by atoms with Crippen molar-refractivity contribution in [1.82, 2.24) is 0 Å². The van der Waals surface area contributed by atoms with Gasteiger partial charge in [-0.2, -0.15) is 0 Å². The summed E-state index contributed by atoms with van der Waals surface area (Å²) >= 11 is 6.06. The molecule has 14 heavy (non-hydrogen) atoms. The summed E-state index contributed by atoms with van der Waals surface area (Å²) in [6.07, 6.45) is 0.977. The molecular formula is C12H16ClN. The second-order valence-corrected chi connectivity index (χ2v) is 3.97. The van der Waals surface area contributed by atoms with Crippen LogP contribution in [0.1, 0.15) is 18.9 Å². The maximum absolute atomic E-state index is 6.06. The van der Waals surface area contributed by atoms with Gasteiger partial charge in [0, 0.05) is 6.54 Å². The number of anilines is 1. The Labute approximate surface area is 90.8 Å². The third kappa shape index (κ3) is 3.08. The molecule has 1 N–H and O–H groups in total. The number of halogens is 1. The standard InChI is InChI=1S/C12H16ClN/c1-9(2)7-8-14-12-10(3)5-4-6-11(12)13/h4-6,14H,1,7-8H2,2-3H3. The summed E-state index contributed by atoms with van der Waals surface area (Å²) in [5.74, 6) is 0. The van der Waals surface area contributed by atoms with E-state index < -0.39 is 0 Å². The molecule has 0 unspecified atom stereocenters. The summed E-state index contributed by atoms with van der Waals surface area (Å²) in [5, 5.41) is 4.10. The second kappa shape index (κ2) is 5.06. The van der Waals surface area contributed by atoms with Crippen molar-refractivity contribution in [2.75, 3.05) is 11.9 Å². The highest BCUT2D eigenvalue weighted by atomic mass is 35.5. The van der Waals surface area contributed by atoms with Crippen molar-refractivity contribution in [3.8, 4) is 0 Å². The van der Waals surface area contributed by atoms with Crippen LogP contribution in [0.25, 0.3) is 0 Å². The highest BCUT2D eigenvalue weighted by Crippen LogP contribution is 2.25. The summed E-state index contributed by atoms with van der Waals surface area (Å²) in [5.41, 5.74) is 3.40. The minimum Gasteiger partial charge on any atom is -0.383 e. The Kier molecular flexibility index (Phi) is 4.02. The first kappa shape index (κ1) is 11.1. The fraction of sp³-hybridized carbons (Fsp3) is 0.333. The van der Waals surface area contributed by atoms with E-state index in [1.165, 1.54) is 11.1 Å². The Balaban J connectivity index is 2.62. The lowest BCUT2D eigenvalue weighted by Crippen LogP contribution is -2.03. The minimum atomic E-state index is 0.784. The Morgan fingerprint density at radius 1 is 1.50 bits per heavy atom. The van der Waals surface area contributed by atoms with Gasteiger partial charge in [-0.05, 0) is 31.9 Å². The lowest BCUT2D eigenvalue weighted by atomic mass is 10.2. The number of para-hydroxylation sites is 1. The van der Waals surface area contributed by atoms with E-state index in [2.05, 4.69) is 24.9 Å². The summed E-state index contributed by atoms with van der Waals surface area (Å²) in [6.45, 7) is 8.83. The SMILES string of the molecule is C=C(C)CCNc1c(C)cccc1Cl. The lowest BCUT2D eigenvalue weighted by Gasteiger charge is -2.10. The van der Waals surface area contributed by atoms with Gasteiger partial charge >= 0.3 is 0 Å². The van der Waals surface area contributed by atoms with E-state index in [1.54, 1.807) is 0 Å². The average molecular weight is 210 g/mol. The van der Waals surface area contributed by atoms with Crippen LogP contribution in [-0.4, -0.2) is 6.54 Å². The number of nitrogens with one attached hydrogen (secondary N) is 1. The number of aryl methyl sites for hydroxylation is 1. The zero-order chi connectivity index (χ0) is 10.6. The van der Waals surface area contributed by atoms with E-state index in [0.717, 1.165) is 23.7 Å². The van der Waals surface area contributed by atoms with Crippen LogP contribution >= 0.6 is 11.6 Å². The van der Waals surface area contributed by atoms with Crippen LogP contribution in [0.15, 0.2) is 30.4 Å². The molecule has 0 aliphatic rings. The zero-order valence-electron chi connectivity index (χ0n) is 8.73. The third-order valence-corrected chi connectivity index (χ3v) is 2.39. The van der Waals surface area contributed by atoms with E-state index in [0.29, 0.717) is 0 Å². The van der Waals surface area contributed by atoms with E-state index in [-0.39, 0.29) is 0 Å². The van der Waals surface area contributed by atoms with Gasteiger partial charge in [0.1, 0.15) is 0 Å². The molecule has 0 saturated carbocycles. The van der Waals surface area contributed by atoms with Crippen molar-refractivity contribution < 1.29 is 0 Å². The summed E-state index contributed by atoms with van der Waals surface area (Å²) in [6, 6.07) is 5.91. The third-order valence-electron chi connectivity index (χ3n) is 2.08. The molecule has 0 atom stereocenters. The molecule has 2 heteroatoms. The van der Waals surface area contributed by atoms with Crippen LogP contribution in [0.3, 0.4) is 0 Å². The molecule has 0 amide bonds. The van der Waals surface area contributed by atoms with Crippen molar-refractivity contribution >= 4 is 17.3 Å². The fourth-order valence-electron chi connectivity index (χ4n) is 1.26. The van der Waals surface area contributed by atoms with Gasteiger partial charge in [-0.25, -0.2) is 0 Å². The first-order valence-corrected chi connectivity index (χ1v) is 5.12. The molecule has 0 fully saturated rings. The molecule has 1 rings (SSSR count). The van der Waals surface area contributed by atoms with Crippen molar-refractivity contribution in [2.45, 2.75) is 20.3 Å². The molecule has 0 aliphatic heterocycles. The molecular weight excluding hydrogens is 194 g/mol. The van der Waals surface area contributed by atoms with Crippen LogP contribution in [0.4, 0.5) is 5.69 Å². The van der Waals surface area contributed by atoms with Gasteiger partial charge < -0.3 is 5.32 Å². The zero-order valence-corrected chi connectivity index (χ0v) is 9.49. The second-order valence-electron chi connectivity index (χ2n) is 3.57. The van der Waals surface area contributed by atoms with Gasteiger partial charge in [0.15, 0.2) is 0 Å². The molecule has 1 aromatic carbocycles. The predicted octanol–water partition coefficient (Wildman–Crippen LogP) is 4.03. The van der Waals surface area contributed by atoms with Crippen molar-refractivity contribution in [3.63, 3.8) is 0 Å². The Hall–Kier alpha value is -0.950. The number of hydrogen-bond donors (Lipinski definition) is 1. The van der Waals surface area contributed by atoms with Crippen molar-refractivity contribution in [3.05, 3.63) is 40.9 Å². The monoisotopic (exact) mass is 209 g/mol. The molecule has 76 valence electrons. The average Bonchev–Trinajstić information content (AvgIpc) is 2.09. The first-order chi connectivity index (χ1) is 6.61. The lowest BCUT2D eigenvalue weighted by molar-refractivity contribution is 1.000. The fourth-order valence-corrected chi connectivity index (χ4v) is 1.55. The van der Waals surface area contributed by atoms with Crippen molar-refractivity contribution in [2.24, 2.45) is 0 Å². The predicted molar refractivity (Wildman–Crippen MR) is 64.1 cm³/mol. The maximum Gasteiger partial charge on any atom is 0.0640 e. The van der Waals surface area contributed by atoms with Gasteiger partial charge in [0.05, 0.1) is 10.7 Å². The quantitative estimate of drug-likeness (QED) is 0.739. The Morgan fingerprint density at radius 2 is 2.21 bits per heavy atom. The summed E-state index contributed by atoms with van der Waals surface area (Å²) in [4.78, 5) is 0. The van der Waals surface area contributed by atoms with Gasteiger partial charge in [0.2, 0.25) is 0 Å². The van der Waals surface area contributed by atoms with Crippen LogP contribution in [0.2, 0.25) is 5.02 Å². The van der Waals surface area contributed by atoms with E-state index in [9.17, 15) is 0 Å². The largest absolute Gasteiger partial charge is 0.383 e.